The van der Waals surface area contributed by atoms with Crippen molar-refractivity contribution >= 4 is 5.78 Å². The second-order valence-corrected chi connectivity index (χ2v) is 4.47. The van der Waals surface area contributed by atoms with Gasteiger partial charge in [0.2, 0.25) is 0 Å². The molecule has 18 heavy (non-hydrogen) atoms. The Morgan fingerprint density at radius 2 is 1.83 bits per heavy atom. The van der Waals surface area contributed by atoms with Crippen molar-refractivity contribution in [2.24, 2.45) is 0 Å². The molecule has 0 spiro atoms. The SMILES string of the molecule is COc1ccc(OC)c(C(=O)C(C)NC(C)C)c1. The Morgan fingerprint density at radius 3 is 2.33 bits per heavy atom. The van der Waals surface area contributed by atoms with Crippen molar-refractivity contribution in [3.8, 4) is 11.5 Å². The third kappa shape index (κ3) is 3.47. The lowest BCUT2D eigenvalue weighted by molar-refractivity contribution is 0.0943. The number of methoxy groups -OCH3 is 2. The van der Waals surface area contributed by atoms with Crippen LogP contribution in [0.3, 0.4) is 0 Å². The molecule has 0 aliphatic carbocycles. The number of Topliss-reactive ketones (excluding diaryl/α,β-unsaturated/α-hetero) is 1. The third-order valence-corrected chi connectivity index (χ3v) is 2.65. The van der Waals surface area contributed by atoms with Crippen LogP contribution in [0.1, 0.15) is 31.1 Å². The van der Waals surface area contributed by atoms with Gasteiger partial charge < -0.3 is 14.8 Å². The molecule has 0 heterocycles. The quantitative estimate of drug-likeness (QED) is 0.788. The van der Waals surface area contributed by atoms with E-state index in [1.807, 2.05) is 20.8 Å². The van der Waals surface area contributed by atoms with Gasteiger partial charge in [0.25, 0.3) is 0 Å². The van der Waals surface area contributed by atoms with Gasteiger partial charge in [0.05, 0.1) is 25.8 Å². The van der Waals surface area contributed by atoms with Crippen LogP contribution in [0.5, 0.6) is 11.5 Å². The minimum absolute atomic E-state index is 0.000509. The Kier molecular flexibility index (Phi) is 5.16. The van der Waals surface area contributed by atoms with Gasteiger partial charge in [-0.2, -0.15) is 0 Å². The first-order valence-electron chi connectivity index (χ1n) is 6.01. The number of ether oxygens (including phenoxy) is 2. The van der Waals surface area contributed by atoms with Gasteiger partial charge in [-0.15, -0.1) is 0 Å². The van der Waals surface area contributed by atoms with Crippen LogP contribution in [0.2, 0.25) is 0 Å². The van der Waals surface area contributed by atoms with E-state index < -0.39 is 0 Å². The normalized spacial score (nSPS) is 12.3. The summed E-state index contributed by atoms with van der Waals surface area (Å²) in [5.74, 6) is 1.22. The van der Waals surface area contributed by atoms with Crippen LogP contribution in [-0.2, 0) is 0 Å². The molecule has 0 saturated carbocycles. The number of ketones is 1. The summed E-state index contributed by atoms with van der Waals surface area (Å²) in [4.78, 5) is 12.3. The molecular formula is C14H21NO3. The average molecular weight is 251 g/mol. The highest BCUT2D eigenvalue weighted by molar-refractivity contribution is 6.02. The van der Waals surface area contributed by atoms with E-state index in [4.69, 9.17) is 9.47 Å². The van der Waals surface area contributed by atoms with Gasteiger partial charge in [0.1, 0.15) is 11.5 Å². The summed E-state index contributed by atoms with van der Waals surface area (Å²) in [7, 11) is 3.13. The van der Waals surface area contributed by atoms with E-state index in [9.17, 15) is 4.79 Å². The summed E-state index contributed by atoms with van der Waals surface area (Å²) < 4.78 is 10.4. The van der Waals surface area contributed by atoms with Crippen LogP contribution in [0.4, 0.5) is 0 Å². The maximum absolute atomic E-state index is 12.3. The fourth-order valence-electron chi connectivity index (χ4n) is 1.82. The molecule has 4 nitrogen and oxygen atoms in total. The summed E-state index contributed by atoms with van der Waals surface area (Å²) in [6, 6.07) is 5.22. The van der Waals surface area contributed by atoms with Crippen molar-refractivity contribution in [2.75, 3.05) is 14.2 Å². The summed E-state index contributed by atoms with van der Waals surface area (Å²) in [5.41, 5.74) is 0.539. The van der Waals surface area contributed by atoms with Gasteiger partial charge in [-0.25, -0.2) is 0 Å². The molecule has 0 amide bonds. The Labute approximate surface area is 108 Å². The fraction of sp³-hybridized carbons (Fsp3) is 0.500. The van der Waals surface area contributed by atoms with E-state index in [1.165, 1.54) is 0 Å². The second kappa shape index (κ2) is 6.40. The van der Waals surface area contributed by atoms with E-state index in [0.29, 0.717) is 17.1 Å². The highest BCUT2D eigenvalue weighted by Gasteiger charge is 2.20. The number of carbonyl (C=O) groups excluding carboxylic acids is 1. The summed E-state index contributed by atoms with van der Waals surface area (Å²) in [6.07, 6.45) is 0. The zero-order valence-corrected chi connectivity index (χ0v) is 11.6. The molecule has 0 aromatic heterocycles. The molecule has 0 saturated heterocycles. The standard InChI is InChI=1S/C14H21NO3/c1-9(2)15-10(3)14(16)12-8-11(17-4)6-7-13(12)18-5/h6-10,15H,1-5H3. The second-order valence-electron chi connectivity index (χ2n) is 4.47. The van der Waals surface area contributed by atoms with E-state index in [2.05, 4.69) is 5.32 Å². The first-order valence-corrected chi connectivity index (χ1v) is 6.01. The first kappa shape index (κ1) is 14.5. The van der Waals surface area contributed by atoms with Gasteiger partial charge in [0, 0.05) is 6.04 Å². The molecule has 100 valence electrons. The van der Waals surface area contributed by atoms with Gasteiger partial charge in [-0.1, -0.05) is 13.8 Å². The highest BCUT2D eigenvalue weighted by atomic mass is 16.5. The minimum atomic E-state index is -0.258. The molecule has 4 heteroatoms. The summed E-state index contributed by atoms with van der Waals surface area (Å²) in [6.45, 7) is 5.86. The van der Waals surface area contributed by atoms with E-state index in [1.54, 1.807) is 32.4 Å². The molecule has 0 aliphatic heterocycles. The molecule has 1 unspecified atom stereocenters. The van der Waals surface area contributed by atoms with Crippen LogP contribution in [0.25, 0.3) is 0 Å². The molecule has 1 aromatic rings. The molecule has 1 atom stereocenters. The van der Waals surface area contributed by atoms with Crippen LogP contribution in [0.15, 0.2) is 18.2 Å². The maximum atomic E-state index is 12.3. The van der Waals surface area contributed by atoms with E-state index in [0.717, 1.165) is 0 Å². The van der Waals surface area contributed by atoms with Gasteiger partial charge in [-0.05, 0) is 25.1 Å². The fourth-order valence-corrected chi connectivity index (χ4v) is 1.82. The van der Waals surface area contributed by atoms with Crippen LogP contribution < -0.4 is 14.8 Å². The minimum Gasteiger partial charge on any atom is -0.497 e. The lowest BCUT2D eigenvalue weighted by atomic mass is 10.0. The van der Waals surface area contributed by atoms with Crippen molar-refractivity contribution in [3.05, 3.63) is 23.8 Å². The highest BCUT2D eigenvalue weighted by Crippen LogP contribution is 2.25. The lowest BCUT2D eigenvalue weighted by Gasteiger charge is -2.17. The summed E-state index contributed by atoms with van der Waals surface area (Å²) >= 11 is 0. The van der Waals surface area contributed by atoms with Gasteiger partial charge >= 0.3 is 0 Å². The molecule has 0 bridgehead atoms. The van der Waals surface area contributed by atoms with Crippen molar-refractivity contribution in [3.63, 3.8) is 0 Å². The van der Waals surface area contributed by atoms with Crippen LogP contribution in [0, 0.1) is 0 Å². The monoisotopic (exact) mass is 251 g/mol. The maximum Gasteiger partial charge on any atom is 0.183 e. The molecular weight excluding hydrogens is 230 g/mol. The number of hydrogen-bond donors (Lipinski definition) is 1. The summed E-state index contributed by atoms with van der Waals surface area (Å²) in [5, 5.41) is 3.18. The van der Waals surface area contributed by atoms with Crippen LogP contribution >= 0.6 is 0 Å². The van der Waals surface area contributed by atoms with Crippen molar-refractivity contribution < 1.29 is 14.3 Å². The first-order chi connectivity index (χ1) is 8.49. The van der Waals surface area contributed by atoms with Crippen LogP contribution in [-0.4, -0.2) is 32.1 Å². The Morgan fingerprint density at radius 1 is 1.17 bits per heavy atom. The average Bonchev–Trinajstić information content (AvgIpc) is 2.36. The zero-order valence-electron chi connectivity index (χ0n) is 11.6. The largest absolute Gasteiger partial charge is 0.497 e. The number of carbonyl (C=O) groups is 1. The van der Waals surface area contributed by atoms with Crippen molar-refractivity contribution in [2.45, 2.75) is 32.9 Å². The zero-order chi connectivity index (χ0) is 13.7. The van der Waals surface area contributed by atoms with Crippen molar-refractivity contribution in [1.82, 2.24) is 5.32 Å². The Balaban J connectivity index is 3.02. The topological polar surface area (TPSA) is 47.6 Å². The molecule has 0 fully saturated rings. The number of hydrogen-bond acceptors (Lipinski definition) is 4. The van der Waals surface area contributed by atoms with E-state index >= 15 is 0 Å². The van der Waals surface area contributed by atoms with E-state index in [-0.39, 0.29) is 17.9 Å². The van der Waals surface area contributed by atoms with Gasteiger partial charge in [0.15, 0.2) is 5.78 Å². The number of rotatable bonds is 6. The molecule has 0 aliphatic rings. The predicted octanol–water partition coefficient (Wildman–Crippen LogP) is 2.27. The Bertz CT molecular complexity index is 416. The molecule has 1 aromatic carbocycles. The smallest absolute Gasteiger partial charge is 0.183 e. The molecule has 1 N–H and O–H groups in total. The predicted molar refractivity (Wildman–Crippen MR) is 71.6 cm³/mol. The van der Waals surface area contributed by atoms with Crippen molar-refractivity contribution in [1.29, 1.82) is 0 Å². The Hall–Kier alpha value is -1.55. The number of benzene rings is 1. The lowest BCUT2D eigenvalue weighted by Crippen LogP contribution is -2.38. The van der Waals surface area contributed by atoms with Gasteiger partial charge in [-0.3, -0.25) is 4.79 Å². The molecule has 1 rings (SSSR count). The third-order valence-electron chi connectivity index (χ3n) is 2.65. The number of nitrogens with one attached hydrogen (secondary N) is 1. The molecule has 0 radical (unpaired) electrons.